The fraction of sp³-hybridized carbons (Fsp3) is 0.333. The molecule has 4 rings (SSSR count). The molecule has 2 heterocycles. The number of ketones is 1. The van der Waals surface area contributed by atoms with Crippen LogP contribution in [0.3, 0.4) is 0 Å². The summed E-state index contributed by atoms with van der Waals surface area (Å²) in [5.41, 5.74) is 2.38. The second kappa shape index (κ2) is 5.84. The van der Waals surface area contributed by atoms with Gasteiger partial charge in [0.1, 0.15) is 17.3 Å². The van der Waals surface area contributed by atoms with Crippen molar-refractivity contribution in [2.24, 2.45) is 0 Å². The van der Waals surface area contributed by atoms with Gasteiger partial charge in [-0.1, -0.05) is 6.07 Å². The van der Waals surface area contributed by atoms with Gasteiger partial charge < -0.3 is 9.47 Å². The molecule has 0 radical (unpaired) electrons. The first-order valence-corrected chi connectivity index (χ1v) is 8.07. The average Bonchev–Trinajstić information content (AvgIpc) is 2.98. The average molecular weight is 338 g/mol. The van der Waals surface area contributed by atoms with Crippen LogP contribution >= 0.6 is 0 Å². The van der Waals surface area contributed by atoms with Crippen molar-refractivity contribution in [2.75, 3.05) is 14.2 Å². The van der Waals surface area contributed by atoms with Gasteiger partial charge in [-0.05, 0) is 25.0 Å². The molecule has 0 unspecified atom stereocenters. The van der Waals surface area contributed by atoms with Crippen LogP contribution in [0.5, 0.6) is 11.5 Å². The van der Waals surface area contributed by atoms with Crippen LogP contribution in [0.25, 0.3) is 5.78 Å². The van der Waals surface area contributed by atoms with E-state index in [1.807, 2.05) is 18.2 Å². The second-order valence-electron chi connectivity index (χ2n) is 6.14. The number of rotatable bonds is 3. The smallest absolute Gasteiger partial charge is 0.252 e. The molecular weight excluding hydrogens is 320 g/mol. The molecular formula is C18H18N4O3. The third-order valence-electron chi connectivity index (χ3n) is 4.57. The summed E-state index contributed by atoms with van der Waals surface area (Å²) in [5, 5.41) is 4.24. The van der Waals surface area contributed by atoms with Gasteiger partial charge in [0.15, 0.2) is 5.78 Å². The molecule has 1 aromatic carbocycles. The fourth-order valence-electron chi connectivity index (χ4n) is 3.36. The molecule has 25 heavy (non-hydrogen) atoms. The Bertz CT molecular complexity index is 980. The maximum absolute atomic E-state index is 12.7. The zero-order valence-electron chi connectivity index (χ0n) is 14.3. The van der Waals surface area contributed by atoms with E-state index in [4.69, 9.17) is 9.47 Å². The van der Waals surface area contributed by atoms with E-state index in [9.17, 15) is 4.79 Å². The summed E-state index contributed by atoms with van der Waals surface area (Å²) < 4.78 is 12.3. The van der Waals surface area contributed by atoms with E-state index in [2.05, 4.69) is 15.1 Å². The molecule has 7 heteroatoms. The summed E-state index contributed by atoms with van der Waals surface area (Å²) in [6.45, 7) is 1.81. The Balaban J connectivity index is 1.76. The van der Waals surface area contributed by atoms with Crippen LogP contribution in [0.15, 0.2) is 24.4 Å². The Morgan fingerprint density at radius 1 is 1.16 bits per heavy atom. The number of hydrogen-bond acceptors (Lipinski definition) is 6. The lowest BCUT2D eigenvalue weighted by Crippen LogP contribution is -2.21. The van der Waals surface area contributed by atoms with Crippen molar-refractivity contribution in [2.45, 2.75) is 25.7 Å². The molecule has 0 fully saturated rings. The van der Waals surface area contributed by atoms with Gasteiger partial charge in [-0.25, -0.2) is 9.50 Å². The highest BCUT2D eigenvalue weighted by molar-refractivity contribution is 5.98. The van der Waals surface area contributed by atoms with Crippen LogP contribution in [0.4, 0.5) is 0 Å². The van der Waals surface area contributed by atoms with Crippen molar-refractivity contribution in [1.29, 1.82) is 0 Å². The molecule has 0 spiro atoms. The minimum Gasteiger partial charge on any atom is -0.497 e. The maximum Gasteiger partial charge on any atom is 0.252 e. The maximum atomic E-state index is 12.7. The molecule has 1 aliphatic carbocycles. The summed E-state index contributed by atoms with van der Waals surface area (Å²) in [4.78, 5) is 21.5. The zero-order valence-corrected chi connectivity index (χ0v) is 14.3. The summed E-state index contributed by atoms with van der Waals surface area (Å²) in [5.74, 6) is 2.68. The molecule has 0 amide bonds. The van der Waals surface area contributed by atoms with Gasteiger partial charge >= 0.3 is 0 Å². The van der Waals surface area contributed by atoms with Crippen molar-refractivity contribution >= 4 is 11.6 Å². The van der Waals surface area contributed by atoms with E-state index in [0.29, 0.717) is 30.0 Å². The highest BCUT2D eigenvalue weighted by atomic mass is 16.5. The van der Waals surface area contributed by atoms with E-state index < -0.39 is 0 Å². The number of benzene rings is 1. The van der Waals surface area contributed by atoms with Crippen LogP contribution in [0.1, 0.15) is 39.8 Å². The Morgan fingerprint density at radius 2 is 2.00 bits per heavy atom. The predicted molar refractivity (Wildman–Crippen MR) is 90.5 cm³/mol. The standard InChI is InChI=1S/C18H18N4O3/c1-10-19-18-20-15-6-11(7-16(23)14(15)9-22(18)21-10)13-5-4-12(24-2)8-17(13)25-3/h4-5,8-9,11H,6-7H2,1-3H3/t11-/m1/s1. The van der Waals surface area contributed by atoms with Gasteiger partial charge in [-0.3, -0.25) is 4.79 Å². The van der Waals surface area contributed by atoms with E-state index in [0.717, 1.165) is 22.8 Å². The first kappa shape index (κ1) is 15.6. The zero-order chi connectivity index (χ0) is 17.6. The number of aromatic nitrogens is 4. The number of ether oxygens (including phenoxy) is 2. The molecule has 1 aliphatic rings. The first-order chi connectivity index (χ1) is 12.1. The summed E-state index contributed by atoms with van der Waals surface area (Å²) in [6, 6.07) is 5.69. The molecule has 7 nitrogen and oxygen atoms in total. The van der Waals surface area contributed by atoms with Gasteiger partial charge in [-0.2, -0.15) is 10.1 Å². The van der Waals surface area contributed by atoms with Crippen molar-refractivity contribution in [3.05, 3.63) is 47.0 Å². The number of carbonyl (C=O) groups excluding carboxylic acids is 1. The molecule has 2 aromatic heterocycles. The lowest BCUT2D eigenvalue weighted by Gasteiger charge is -2.24. The lowest BCUT2D eigenvalue weighted by atomic mass is 9.82. The van der Waals surface area contributed by atoms with E-state index in [1.165, 1.54) is 0 Å². The number of aryl methyl sites for hydroxylation is 1. The topological polar surface area (TPSA) is 78.6 Å². The molecule has 0 saturated carbocycles. The normalized spacial score (nSPS) is 16.8. The van der Waals surface area contributed by atoms with Crippen LogP contribution in [-0.2, 0) is 6.42 Å². The number of carbonyl (C=O) groups is 1. The van der Waals surface area contributed by atoms with Gasteiger partial charge in [0.25, 0.3) is 5.78 Å². The van der Waals surface area contributed by atoms with Crippen LogP contribution in [-0.4, -0.2) is 39.6 Å². The minimum absolute atomic E-state index is 0.0137. The molecule has 0 aliphatic heterocycles. The van der Waals surface area contributed by atoms with Crippen molar-refractivity contribution in [3.63, 3.8) is 0 Å². The highest BCUT2D eigenvalue weighted by Crippen LogP contribution is 2.38. The highest BCUT2D eigenvalue weighted by Gasteiger charge is 2.30. The minimum atomic E-state index is 0.0137. The van der Waals surface area contributed by atoms with Crippen LogP contribution in [0.2, 0.25) is 0 Å². The van der Waals surface area contributed by atoms with Gasteiger partial charge in [0.2, 0.25) is 0 Å². The quantitative estimate of drug-likeness (QED) is 0.729. The summed E-state index contributed by atoms with van der Waals surface area (Å²) in [7, 11) is 3.24. The predicted octanol–water partition coefficient (Wildman–Crippen LogP) is 2.36. The monoisotopic (exact) mass is 338 g/mol. The number of nitrogens with zero attached hydrogens (tertiary/aromatic N) is 4. The Labute approximate surface area is 144 Å². The summed E-state index contributed by atoms with van der Waals surface area (Å²) in [6.07, 6.45) is 2.81. The molecule has 0 N–H and O–H groups in total. The Morgan fingerprint density at radius 3 is 2.76 bits per heavy atom. The van der Waals surface area contributed by atoms with E-state index in [-0.39, 0.29) is 11.7 Å². The molecule has 0 bridgehead atoms. The van der Waals surface area contributed by atoms with Crippen molar-refractivity contribution in [3.8, 4) is 11.5 Å². The van der Waals surface area contributed by atoms with Crippen molar-refractivity contribution < 1.29 is 14.3 Å². The molecule has 3 aromatic rings. The summed E-state index contributed by atoms with van der Waals surface area (Å²) >= 11 is 0. The lowest BCUT2D eigenvalue weighted by molar-refractivity contribution is 0.0962. The Kier molecular flexibility index (Phi) is 3.63. The van der Waals surface area contributed by atoms with Crippen LogP contribution in [0, 0.1) is 6.92 Å². The van der Waals surface area contributed by atoms with Gasteiger partial charge in [0.05, 0.1) is 25.5 Å². The third-order valence-corrected chi connectivity index (χ3v) is 4.57. The number of methoxy groups -OCH3 is 2. The SMILES string of the molecule is COc1ccc([C@H]2CC(=O)c3cn4nc(C)nc4nc3C2)c(OC)c1. The first-order valence-electron chi connectivity index (χ1n) is 8.07. The molecule has 1 atom stereocenters. The van der Waals surface area contributed by atoms with Gasteiger partial charge in [-0.15, -0.1) is 0 Å². The van der Waals surface area contributed by atoms with E-state index in [1.54, 1.807) is 31.9 Å². The number of fused-ring (bicyclic) bond motifs is 2. The largest absolute Gasteiger partial charge is 0.497 e. The second-order valence-corrected chi connectivity index (χ2v) is 6.14. The Hall–Kier alpha value is -2.96. The number of Topliss-reactive ketones (excluding diaryl/α,β-unsaturated/α-hetero) is 1. The molecule has 0 saturated heterocycles. The van der Waals surface area contributed by atoms with Crippen LogP contribution < -0.4 is 9.47 Å². The van der Waals surface area contributed by atoms with Gasteiger partial charge in [0, 0.05) is 24.6 Å². The number of hydrogen-bond donors (Lipinski definition) is 0. The van der Waals surface area contributed by atoms with E-state index >= 15 is 0 Å². The molecule has 128 valence electrons. The van der Waals surface area contributed by atoms with Crippen molar-refractivity contribution in [1.82, 2.24) is 19.6 Å². The third kappa shape index (κ3) is 2.61. The fourth-order valence-corrected chi connectivity index (χ4v) is 3.36.